The van der Waals surface area contributed by atoms with E-state index in [-0.39, 0.29) is 11.9 Å². The molecule has 1 atom stereocenters. The van der Waals surface area contributed by atoms with Crippen LogP contribution in [0.5, 0.6) is 11.5 Å². The lowest BCUT2D eigenvalue weighted by Crippen LogP contribution is -2.40. The molecule has 132 valence electrons. The molecule has 0 spiro atoms. The third-order valence-corrected chi connectivity index (χ3v) is 4.55. The average molecular weight is 348 g/mol. The van der Waals surface area contributed by atoms with Crippen molar-refractivity contribution in [3.63, 3.8) is 0 Å². The Kier molecular flexibility index (Phi) is 4.64. The molecule has 0 N–H and O–H groups in total. The van der Waals surface area contributed by atoms with E-state index in [1.54, 1.807) is 18.6 Å². The number of benzene rings is 1. The van der Waals surface area contributed by atoms with Gasteiger partial charge < -0.3 is 9.64 Å². The van der Waals surface area contributed by atoms with Crippen LogP contribution in [0.15, 0.2) is 67.3 Å². The number of aromatic nitrogens is 3. The van der Waals surface area contributed by atoms with Gasteiger partial charge in [0.15, 0.2) is 0 Å². The van der Waals surface area contributed by atoms with Gasteiger partial charge in [-0.15, -0.1) is 0 Å². The largest absolute Gasteiger partial charge is 0.456 e. The summed E-state index contributed by atoms with van der Waals surface area (Å²) in [5.74, 6) is 1.40. The predicted octanol–water partition coefficient (Wildman–Crippen LogP) is 3.55. The fourth-order valence-corrected chi connectivity index (χ4v) is 3.24. The highest BCUT2D eigenvalue weighted by molar-refractivity contribution is 5.94. The van der Waals surface area contributed by atoms with Crippen molar-refractivity contribution in [2.45, 2.75) is 18.9 Å². The van der Waals surface area contributed by atoms with Crippen LogP contribution < -0.4 is 4.74 Å². The Labute approximate surface area is 152 Å². The monoisotopic (exact) mass is 348 g/mol. The lowest BCUT2D eigenvalue weighted by molar-refractivity contribution is 0.0673. The molecule has 0 aliphatic carbocycles. The molecule has 3 aromatic rings. The van der Waals surface area contributed by atoms with E-state index in [9.17, 15) is 4.79 Å². The summed E-state index contributed by atoms with van der Waals surface area (Å²) in [5, 5.41) is 4.31. The zero-order valence-corrected chi connectivity index (χ0v) is 14.4. The molecule has 0 unspecified atom stereocenters. The maximum absolute atomic E-state index is 12.8. The summed E-state index contributed by atoms with van der Waals surface area (Å²) in [6, 6.07) is 13.1. The molecule has 6 heteroatoms. The van der Waals surface area contributed by atoms with Gasteiger partial charge in [-0.05, 0) is 55.3 Å². The SMILES string of the molecule is O=C(c1ccc(Oc2cccnc2)cc1)N1CCC[C@H](n2cccn2)C1. The lowest BCUT2D eigenvalue weighted by Gasteiger charge is -2.33. The van der Waals surface area contributed by atoms with Gasteiger partial charge >= 0.3 is 0 Å². The fourth-order valence-electron chi connectivity index (χ4n) is 3.24. The van der Waals surface area contributed by atoms with Crippen molar-refractivity contribution in [2.24, 2.45) is 0 Å². The van der Waals surface area contributed by atoms with E-state index in [0.717, 1.165) is 19.4 Å². The van der Waals surface area contributed by atoms with Crippen molar-refractivity contribution in [1.29, 1.82) is 0 Å². The molecule has 1 saturated heterocycles. The van der Waals surface area contributed by atoms with Crippen LogP contribution in [0, 0.1) is 0 Å². The molecule has 1 fully saturated rings. The molecule has 1 amide bonds. The number of carbonyl (C=O) groups is 1. The number of hydrogen-bond acceptors (Lipinski definition) is 4. The number of likely N-dealkylation sites (tertiary alicyclic amines) is 1. The first kappa shape index (κ1) is 16.3. The second-order valence-electron chi connectivity index (χ2n) is 6.35. The van der Waals surface area contributed by atoms with Gasteiger partial charge in [-0.2, -0.15) is 5.10 Å². The first-order chi connectivity index (χ1) is 12.8. The smallest absolute Gasteiger partial charge is 0.253 e. The molecule has 0 saturated carbocycles. The highest BCUT2D eigenvalue weighted by atomic mass is 16.5. The standard InChI is InChI=1S/C20H20N4O2/c25-20(23-12-2-4-17(15-23)24-13-3-11-22-24)16-6-8-18(9-7-16)26-19-5-1-10-21-14-19/h1,3,5-11,13-14,17H,2,4,12,15H2/t17-/m0/s1. The Morgan fingerprint density at radius 3 is 2.69 bits per heavy atom. The normalized spacial score (nSPS) is 17.1. The summed E-state index contributed by atoms with van der Waals surface area (Å²) in [5.41, 5.74) is 0.671. The fraction of sp³-hybridized carbons (Fsp3) is 0.250. The van der Waals surface area contributed by atoms with Crippen molar-refractivity contribution in [3.05, 3.63) is 72.8 Å². The van der Waals surface area contributed by atoms with Gasteiger partial charge in [0.1, 0.15) is 11.5 Å². The molecule has 0 radical (unpaired) electrons. The third kappa shape index (κ3) is 3.59. The Hall–Kier alpha value is -3.15. The number of piperidine rings is 1. The lowest BCUT2D eigenvalue weighted by atomic mass is 10.0. The van der Waals surface area contributed by atoms with Gasteiger partial charge in [-0.3, -0.25) is 14.5 Å². The van der Waals surface area contributed by atoms with Gasteiger partial charge in [0.25, 0.3) is 5.91 Å². The molecular weight excluding hydrogens is 328 g/mol. The molecule has 4 rings (SSSR count). The van der Waals surface area contributed by atoms with Gasteiger partial charge in [0, 0.05) is 37.2 Å². The Bertz CT molecular complexity index is 847. The number of carbonyl (C=O) groups excluding carboxylic acids is 1. The summed E-state index contributed by atoms with van der Waals surface area (Å²) < 4.78 is 7.67. The van der Waals surface area contributed by atoms with Crippen molar-refractivity contribution in [3.8, 4) is 11.5 Å². The zero-order chi connectivity index (χ0) is 17.8. The Morgan fingerprint density at radius 1 is 1.08 bits per heavy atom. The average Bonchev–Trinajstić information content (AvgIpc) is 3.24. The molecule has 3 heterocycles. The number of ether oxygens (including phenoxy) is 1. The van der Waals surface area contributed by atoms with E-state index in [4.69, 9.17) is 4.74 Å². The van der Waals surface area contributed by atoms with Crippen molar-refractivity contribution >= 4 is 5.91 Å². The van der Waals surface area contributed by atoms with E-state index in [2.05, 4.69) is 10.1 Å². The van der Waals surface area contributed by atoms with Crippen LogP contribution in [-0.2, 0) is 0 Å². The van der Waals surface area contributed by atoms with Gasteiger partial charge in [-0.1, -0.05) is 0 Å². The van der Waals surface area contributed by atoms with E-state index < -0.39 is 0 Å². The van der Waals surface area contributed by atoms with E-state index in [1.807, 2.05) is 58.2 Å². The number of pyridine rings is 1. The second-order valence-corrected chi connectivity index (χ2v) is 6.35. The minimum atomic E-state index is 0.0507. The molecule has 0 bridgehead atoms. The molecule has 1 aliphatic rings. The highest BCUT2D eigenvalue weighted by Gasteiger charge is 2.25. The molecule has 26 heavy (non-hydrogen) atoms. The first-order valence-electron chi connectivity index (χ1n) is 8.76. The van der Waals surface area contributed by atoms with Crippen molar-refractivity contribution in [2.75, 3.05) is 13.1 Å². The van der Waals surface area contributed by atoms with Crippen LogP contribution in [0.25, 0.3) is 0 Å². The van der Waals surface area contributed by atoms with Crippen LogP contribution >= 0.6 is 0 Å². The number of rotatable bonds is 4. The van der Waals surface area contributed by atoms with Crippen LogP contribution in [0.1, 0.15) is 29.2 Å². The summed E-state index contributed by atoms with van der Waals surface area (Å²) >= 11 is 0. The van der Waals surface area contributed by atoms with Crippen LogP contribution in [0.2, 0.25) is 0 Å². The van der Waals surface area contributed by atoms with Crippen molar-refractivity contribution in [1.82, 2.24) is 19.7 Å². The van der Waals surface area contributed by atoms with Crippen molar-refractivity contribution < 1.29 is 9.53 Å². The molecule has 1 aromatic carbocycles. The third-order valence-electron chi connectivity index (χ3n) is 4.55. The first-order valence-corrected chi connectivity index (χ1v) is 8.76. The molecule has 1 aliphatic heterocycles. The summed E-state index contributed by atoms with van der Waals surface area (Å²) in [6.45, 7) is 1.47. The van der Waals surface area contributed by atoms with Crippen LogP contribution in [0.3, 0.4) is 0 Å². The van der Waals surface area contributed by atoms with Gasteiger partial charge in [0.05, 0.1) is 12.2 Å². The zero-order valence-electron chi connectivity index (χ0n) is 14.4. The minimum absolute atomic E-state index is 0.0507. The molecular formula is C20H20N4O2. The minimum Gasteiger partial charge on any atom is -0.456 e. The number of nitrogens with zero attached hydrogens (tertiary/aromatic N) is 4. The topological polar surface area (TPSA) is 60.2 Å². The Balaban J connectivity index is 1.43. The Morgan fingerprint density at radius 2 is 1.96 bits per heavy atom. The van der Waals surface area contributed by atoms with Crippen LogP contribution in [-0.4, -0.2) is 38.7 Å². The van der Waals surface area contributed by atoms with Gasteiger partial charge in [-0.25, -0.2) is 0 Å². The number of amides is 1. The summed E-state index contributed by atoms with van der Waals surface area (Å²) in [6.07, 6.45) is 9.12. The highest BCUT2D eigenvalue weighted by Crippen LogP contribution is 2.24. The van der Waals surface area contributed by atoms with Gasteiger partial charge in [0.2, 0.25) is 0 Å². The molecule has 2 aromatic heterocycles. The van der Waals surface area contributed by atoms with E-state index >= 15 is 0 Å². The number of hydrogen-bond donors (Lipinski definition) is 0. The predicted molar refractivity (Wildman–Crippen MR) is 97.2 cm³/mol. The van der Waals surface area contributed by atoms with E-state index in [0.29, 0.717) is 23.6 Å². The second kappa shape index (κ2) is 7.39. The quantitative estimate of drug-likeness (QED) is 0.723. The maximum Gasteiger partial charge on any atom is 0.253 e. The maximum atomic E-state index is 12.8. The van der Waals surface area contributed by atoms with E-state index in [1.165, 1.54) is 0 Å². The summed E-state index contributed by atoms with van der Waals surface area (Å²) in [7, 11) is 0. The summed E-state index contributed by atoms with van der Waals surface area (Å²) in [4.78, 5) is 18.8. The van der Waals surface area contributed by atoms with Crippen LogP contribution in [0.4, 0.5) is 0 Å². The molecule has 6 nitrogen and oxygen atoms in total.